The maximum atomic E-state index is 13.4. The molecule has 0 radical (unpaired) electrons. The Labute approximate surface area is 206 Å². The van der Waals surface area contributed by atoms with Gasteiger partial charge in [0.1, 0.15) is 24.2 Å². The second-order valence-corrected chi connectivity index (χ2v) is 8.86. The van der Waals surface area contributed by atoms with Crippen LogP contribution in [0.25, 0.3) is 0 Å². The second kappa shape index (κ2) is 12.2. The van der Waals surface area contributed by atoms with Crippen LogP contribution in [0.15, 0.2) is 54.6 Å². The van der Waals surface area contributed by atoms with Crippen molar-refractivity contribution in [2.45, 2.75) is 51.9 Å². The number of rotatable bonds is 8. The van der Waals surface area contributed by atoms with Gasteiger partial charge < -0.3 is 20.3 Å². The smallest absolute Gasteiger partial charge is 0.408 e. The maximum Gasteiger partial charge on any atom is 0.408 e. The first-order chi connectivity index (χ1) is 16.6. The third-order valence-electron chi connectivity index (χ3n) is 4.89. The molecule has 0 fully saturated rings. The first-order valence-electron chi connectivity index (χ1n) is 11.1. The van der Waals surface area contributed by atoms with Crippen molar-refractivity contribution in [2.75, 3.05) is 6.54 Å². The lowest BCUT2D eigenvalue weighted by Crippen LogP contribution is -2.52. The Morgan fingerprint density at radius 3 is 2.26 bits per heavy atom. The molecule has 2 aromatic carbocycles. The Bertz CT molecular complexity index is 1110. The van der Waals surface area contributed by atoms with E-state index in [1.54, 1.807) is 45.0 Å². The van der Waals surface area contributed by atoms with E-state index in [4.69, 9.17) is 11.2 Å². The fourth-order valence-corrected chi connectivity index (χ4v) is 3.28. The maximum absolute atomic E-state index is 13.4. The molecule has 3 amide bonds. The number of hydrogen-bond donors (Lipinski definition) is 2. The van der Waals surface area contributed by atoms with Gasteiger partial charge in [0.05, 0.1) is 6.07 Å². The van der Waals surface area contributed by atoms with E-state index in [0.717, 1.165) is 10.5 Å². The van der Waals surface area contributed by atoms with Crippen LogP contribution in [0.5, 0.6) is 0 Å². The second-order valence-electron chi connectivity index (χ2n) is 8.86. The first kappa shape index (κ1) is 26.9. The summed E-state index contributed by atoms with van der Waals surface area (Å²) in [4.78, 5) is 40.0. The fourth-order valence-electron chi connectivity index (χ4n) is 3.28. The molecule has 2 N–H and O–H groups in total. The van der Waals surface area contributed by atoms with Gasteiger partial charge in [0.25, 0.3) is 0 Å². The van der Waals surface area contributed by atoms with Gasteiger partial charge in [0, 0.05) is 12.1 Å². The van der Waals surface area contributed by atoms with Gasteiger partial charge in [-0.05, 0) is 51.0 Å². The summed E-state index contributed by atoms with van der Waals surface area (Å²) in [5.41, 5.74) is 1.20. The Kier molecular flexibility index (Phi) is 9.43. The molecule has 0 heterocycles. The third-order valence-corrected chi connectivity index (χ3v) is 4.89. The molecule has 0 saturated heterocycles. The monoisotopic (exact) mass is 474 g/mol. The summed E-state index contributed by atoms with van der Waals surface area (Å²) in [5.74, 6) is 1.42. The number of benzene rings is 2. The molecular formula is C27H30N4O4. The molecule has 0 spiro atoms. The number of nitrogens with zero attached hydrogens (tertiary/aromatic N) is 2. The van der Waals surface area contributed by atoms with Crippen molar-refractivity contribution in [1.82, 2.24) is 15.5 Å². The van der Waals surface area contributed by atoms with Crippen LogP contribution >= 0.6 is 0 Å². The van der Waals surface area contributed by atoms with E-state index in [-0.39, 0.29) is 13.1 Å². The SMILES string of the molecule is C#Cc1ccc(C(C(=O)NCc2ccccc2)N(CC#N)C(=O)C(C)NC(=O)OC(C)(C)C)cc1. The zero-order chi connectivity index (χ0) is 26.0. The lowest BCUT2D eigenvalue weighted by Gasteiger charge is -2.32. The Hall–Kier alpha value is -4.30. The molecule has 2 atom stereocenters. The molecule has 8 heteroatoms. The van der Waals surface area contributed by atoms with Crippen LogP contribution in [0.2, 0.25) is 0 Å². The van der Waals surface area contributed by atoms with Crippen molar-refractivity contribution in [3.05, 3.63) is 71.3 Å². The molecule has 182 valence electrons. The molecule has 35 heavy (non-hydrogen) atoms. The van der Waals surface area contributed by atoms with Crippen molar-refractivity contribution in [3.8, 4) is 18.4 Å². The van der Waals surface area contributed by atoms with Crippen molar-refractivity contribution < 1.29 is 19.1 Å². The van der Waals surface area contributed by atoms with Gasteiger partial charge in [-0.25, -0.2) is 4.79 Å². The van der Waals surface area contributed by atoms with Gasteiger partial charge >= 0.3 is 6.09 Å². The molecule has 0 bridgehead atoms. The number of nitrogens with one attached hydrogen (secondary N) is 2. The highest BCUT2D eigenvalue weighted by atomic mass is 16.6. The number of ether oxygens (including phenoxy) is 1. The van der Waals surface area contributed by atoms with E-state index in [1.807, 2.05) is 36.4 Å². The first-order valence-corrected chi connectivity index (χ1v) is 11.1. The zero-order valence-electron chi connectivity index (χ0n) is 20.4. The zero-order valence-corrected chi connectivity index (χ0v) is 20.4. The number of terminal acetylenes is 1. The van der Waals surface area contributed by atoms with Crippen molar-refractivity contribution in [2.24, 2.45) is 0 Å². The quantitative estimate of drug-likeness (QED) is 0.450. The van der Waals surface area contributed by atoms with Crippen LogP contribution in [0, 0.1) is 23.7 Å². The van der Waals surface area contributed by atoms with Gasteiger partial charge in [-0.1, -0.05) is 48.4 Å². The molecule has 0 aliphatic rings. The van der Waals surface area contributed by atoms with Gasteiger partial charge in [-0.3, -0.25) is 9.59 Å². The predicted molar refractivity (Wildman–Crippen MR) is 132 cm³/mol. The van der Waals surface area contributed by atoms with Crippen LogP contribution < -0.4 is 10.6 Å². The number of alkyl carbamates (subject to hydrolysis) is 1. The minimum atomic E-state index is -1.12. The highest BCUT2D eigenvalue weighted by Crippen LogP contribution is 2.23. The average Bonchev–Trinajstić information content (AvgIpc) is 2.81. The van der Waals surface area contributed by atoms with Gasteiger partial charge in [-0.15, -0.1) is 6.42 Å². The van der Waals surface area contributed by atoms with Gasteiger partial charge in [0.2, 0.25) is 11.8 Å². The largest absolute Gasteiger partial charge is 0.444 e. The summed E-state index contributed by atoms with van der Waals surface area (Å²) in [6.07, 6.45) is 4.67. The highest BCUT2D eigenvalue weighted by Gasteiger charge is 2.34. The van der Waals surface area contributed by atoms with Crippen LogP contribution in [-0.2, 0) is 20.9 Å². The van der Waals surface area contributed by atoms with Gasteiger partial charge in [-0.2, -0.15) is 5.26 Å². The molecule has 0 aliphatic heterocycles. The summed E-state index contributed by atoms with van der Waals surface area (Å²) in [6, 6.07) is 15.7. The minimum absolute atomic E-state index is 0.235. The predicted octanol–water partition coefficient (Wildman–Crippen LogP) is 3.29. The molecular weight excluding hydrogens is 444 g/mol. The molecule has 8 nitrogen and oxygen atoms in total. The van der Waals surface area contributed by atoms with E-state index in [2.05, 4.69) is 16.6 Å². The lowest BCUT2D eigenvalue weighted by atomic mass is 10.0. The average molecular weight is 475 g/mol. The molecule has 0 saturated carbocycles. The number of hydrogen-bond acceptors (Lipinski definition) is 5. The number of amides is 3. The summed E-state index contributed by atoms with van der Waals surface area (Å²) in [5, 5.41) is 14.8. The van der Waals surface area contributed by atoms with Crippen LogP contribution in [-0.4, -0.2) is 41.0 Å². The van der Waals surface area contributed by atoms with E-state index in [9.17, 15) is 19.6 Å². The highest BCUT2D eigenvalue weighted by molar-refractivity contribution is 5.92. The van der Waals surface area contributed by atoms with Crippen molar-refractivity contribution in [3.63, 3.8) is 0 Å². The Balaban J connectivity index is 2.34. The lowest BCUT2D eigenvalue weighted by molar-refractivity contribution is -0.141. The van der Waals surface area contributed by atoms with Crippen molar-refractivity contribution >= 4 is 17.9 Å². The van der Waals surface area contributed by atoms with Crippen LogP contribution in [0.1, 0.15) is 50.4 Å². The third kappa shape index (κ3) is 8.21. The van der Waals surface area contributed by atoms with E-state index >= 15 is 0 Å². The standard InChI is InChI=1S/C27H30N4O4/c1-6-20-12-14-22(15-13-20)23(24(32)29-18-21-10-8-7-9-11-21)31(17-16-28)25(33)19(2)30-26(34)35-27(3,4)5/h1,7-15,19,23H,17-18H2,2-5H3,(H,29,32)(H,30,34). The fraction of sp³-hybridized carbons (Fsp3) is 0.333. The molecule has 0 aliphatic carbocycles. The Morgan fingerprint density at radius 2 is 1.71 bits per heavy atom. The summed E-state index contributed by atoms with van der Waals surface area (Å²) >= 11 is 0. The van der Waals surface area contributed by atoms with Crippen molar-refractivity contribution in [1.29, 1.82) is 5.26 Å². The molecule has 2 rings (SSSR count). The number of carbonyl (C=O) groups is 3. The van der Waals surface area contributed by atoms with Crippen LogP contribution in [0.4, 0.5) is 4.79 Å². The minimum Gasteiger partial charge on any atom is -0.444 e. The Morgan fingerprint density at radius 1 is 1.09 bits per heavy atom. The number of carbonyl (C=O) groups excluding carboxylic acids is 3. The summed E-state index contributed by atoms with van der Waals surface area (Å²) in [6.45, 7) is 6.44. The van der Waals surface area contributed by atoms with Crippen LogP contribution in [0.3, 0.4) is 0 Å². The summed E-state index contributed by atoms with van der Waals surface area (Å²) < 4.78 is 5.22. The van der Waals surface area contributed by atoms with E-state index in [1.165, 1.54) is 6.92 Å². The van der Waals surface area contributed by atoms with E-state index < -0.39 is 35.6 Å². The molecule has 2 unspecified atom stereocenters. The van der Waals surface area contributed by atoms with E-state index in [0.29, 0.717) is 11.1 Å². The molecule has 0 aromatic heterocycles. The number of nitriles is 1. The summed E-state index contributed by atoms with van der Waals surface area (Å²) in [7, 11) is 0. The van der Waals surface area contributed by atoms with Gasteiger partial charge in [0.15, 0.2) is 0 Å². The topological polar surface area (TPSA) is 112 Å². The normalized spacial score (nSPS) is 12.3. The molecule has 2 aromatic rings.